The Bertz CT molecular complexity index is 1130. The van der Waals surface area contributed by atoms with Crippen LogP contribution in [0.4, 0.5) is 4.79 Å². The van der Waals surface area contributed by atoms with Crippen LogP contribution in [0.25, 0.3) is 0 Å². The summed E-state index contributed by atoms with van der Waals surface area (Å²) in [6, 6.07) is 8.82. The zero-order valence-electron chi connectivity index (χ0n) is 20.9. The molecule has 2 aromatic rings. The van der Waals surface area contributed by atoms with Crippen LogP contribution in [-0.2, 0) is 9.53 Å². The second-order valence-electron chi connectivity index (χ2n) is 7.90. The smallest absolute Gasteiger partial charge is 0.338 e. The van der Waals surface area contributed by atoms with Crippen molar-refractivity contribution in [2.24, 2.45) is 0 Å². The van der Waals surface area contributed by atoms with E-state index in [2.05, 4.69) is 10.6 Å². The Balaban J connectivity index is 1.79. The van der Waals surface area contributed by atoms with Gasteiger partial charge in [0.25, 0.3) is 0 Å². The lowest BCUT2D eigenvalue weighted by Gasteiger charge is -2.28. The number of carbonyl (C=O) groups excluding carboxylic acids is 3. The highest BCUT2D eigenvalue weighted by Gasteiger charge is 2.32. The largest absolute Gasteiger partial charge is 0.494 e. The van der Waals surface area contributed by atoms with E-state index < -0.39 is 30.4 Å². The van der Waals surface area contributed by atoms with Crippen molar-refractivity contribution in [3.05, 3.63) is 58.8 Å². The summed E-state index contributed by atoms with van der Waals surface area (Å²) in [6.45, 7) is 3.66. The average Bonchev–Trinajstić information content (AvgIpc) is 2.89. The fourth-order valence-electron chi connectivity index (χ4n) is 3.73. The van der Waals surface area contributed by atoms with Gasteiger partial charge in [0.1, 0.15) is 5.75 Å². The van der Waals surface area contributed by atoms with Crippen molar-refractivity contribution in [1.29, 1.82) is 0 Å². The van der Waals surface area contributed by atoms with E-state index in [-0.39, 0.29) is 11.1 Å². The molecule has 192 valence electrons. The molecule has 0 aliphatic carbocycles. The highest BCUT2D eigenvalue weighted by molar-refractivity contribution is 6.01. The number of esters is 1. The van der Waals surface area contributed by atoms with Crippen LogP contribution >= 0.6 is 0 Å². The first-order valence-corrected chi connectivity index (χ1v) is 11.3. The van der Waals surface area contributed by atoms with Crippen molar-refractivity contribution in [2.75, 3.05) is 34.5 Å². The van der Waals surface area contributed by atoms with Crippen molar-refractivity contribution in [1.82, 2.24) is 10.6 Å². The van der Waals surface area contributed by atoms with Gasteiger partial charge in [0.15, 0.2) is 18.1 Å². The van der Waals surface area contributed by atoms with Crippen molar-refractivity contribution in [2.45, 2.75) is 26.3 Å². The molecule has 0 radical (unpaired) electrons. The Kier molecular flexibility index (Phi) is 8.77. The minimum absolute atomic E-state index is 0.189. The van der Waals surface area contributed by atoms with E-state index in [1.165, 1.54) is 33.5 Å². The number of nitrogens with one attached hydrogen (secondary N) is 2. The van der Waals surface area contributed by atoms with E-state index >= 15 is 0 Å². The molecule has 0 unspecified atom stereocenters. The molecule has 0 bridgehead atoms. The lowest BCUT2D eigenvalue weighted by Crippen LogP contribution is -2.45. The average molecular weight is 499 g/mol. The number of ketones is 1. The Morgan fingerprint density at radius 2 is 1.61 bits per heavy atom. The molecule has 10 nitrogen and oxygen atoms in total. The van der Waals surface area contributed by atoms with E-state index in [1.807, 2.05) is 6.92 Å². The third-order valence-corrected chi connectivity index (χ3v) is 5.50. The van der Waals surface area contributed by atoms with E-state index in [0.717, 1.165) is 6.42 Å². The van der Waals surface area contributed by atoms with Gasteiger partial charge in [-0.15, -0.1) is 0 Å². The Labute approximate surface area is 209 Å². The maximum atomic E-state index is 13.1. The van der Waals surface area contributed by atoms with Gasteiger partial charge < -0.3 is 34.3 Å². The molecule has 2 N–H and O–H groups in total. The van der Waals surface area contributed by atoms with Gasteiger partial charge in [0.2, 0.25) is 11.5 Å². The monoisotopic (exact) mass is 498 g/mol. The van der Waals surface area contributed by atoms with Crippen LogP contribution in [0.15, 0.2) is 47.7 Å². The molecule has 1 aliphatic rings. The Morgan fingerprint density at radius 1 is 0.972 bits per heavy atom. The second-order valence-corrected chi connectivity index (χ2v) is 7.90. The third-order valence-electron chi connectivity index (χ3n) is 5.50. The van der Waals surface area contributed by atoms with Gasteiger partial charge in [-0.3, -0.25) is 4.79 Å². The highest BCUT2D eigenvalue weighted by atomic mass is 16.5. The number of amides is 2. The lowest BCUT2D eigenvalue weighted by atomic mass is 9.95. The number of allylic oxidation sites excluding steroid dienone is 1. The Hall–Kier alpha value is -4.21. The van der Waals surface area contributed by atoms with Gasteiger partial charge in [0.05, 0.1) is 39.6 Å². The predicted octanol–water partition coefficient (Wildman–Crippen LogP) is 3.56. The van der Waals surface area contributed by atoms with E-state index in [0.29, 0.717) is 40.9 Å². The molecule has 2 amide bonds. The molecule has 3 rings (SSSR count). The van der Waals surface area contributed by atoms with Crippen molar-refractivity contribution in [3.63, 3.8) is 0 Å². The summed E-state index contributed by atoms with van der Waals surface area (Å²) in [5.74, 6) is 0.417. The minimum Gasteiger partial charge on any atom is -0.494 e. The van der Waals surface area contributed by atoms with E-state index in [9.17, 15) is 14.4 Å². The molecule has 2 aromatic carbocycles. The maximum absolute atomic E-state index is 13.1. The summed E-state index contributed by atoms with van der Waals surface area (Å²) in [5, 5.41) is 5.32. The highest BCUT2D eigenvalue weighted by Crippen LogP contribution is 2.38. The normalized spacial score (nSPS) is 14.9. The first-order valence-electron chi connectivity index (χ1n) is 11.3. The van der Waals surface area contributed by atoms with Gasteiger partial charge in [-0.25, -0.2) is 9.59 Å². The predicted molar refractivity (Wildman–Crippen MR) is 131 cm³/mol. The molecule has 1 heterocycles. The molecule has 36 heavy (non-hydrogen) atoms. The number of hydrogen-bond donors (Lipinski definition) is 2. The zero-order chi connectivity index (χ0) is 26.2. The van der Waals surface area contributed by atoms with Crippen LogP contribution in [0.5, 0.6) is 23.0 Å². The van der Waals surface area contributed by atoms with Crippen LogP contribution in [-0.4, -0.2) is 52.3 Å². The molecule has 1 aliphatic heterocycles. The number of Topliss-reactive ketones (excluding diaryl/α,β-unsaturated/α-hetero) is 1. The second kappa shape index (κ2) is 12.0. The van der Waals surface area contributed by atoms with Crippen LogP contribution in [0.2, 0.25) is 0 Å². The summed E-state index contributed by atoms with van der Waals surface area (Å²) in [7, 11) is 4.33. The minimum atomic E-state index is -0.761. The molecule has 0 saturated heterocycles. The molecular weight excluding hydrogens is 468 g/mol. The van der Waals surface area contributed by atoms with Crippen LogP contribution in [0, 0.1) is 0 Å². The number of rotatable bonds is 11. The van der Waals surface area contributed by atoms with E-state index in [4.69, 9.17) is 23.7 Å². The molecule has 1 atom stereocenters. The van der Waals surface area contributed by atoms with Crippen molar-refractivity contribution >= 4 is 17.8 Å². The maximum Gasteiger partial charge on any atom is 0.338 e. The standard InChI is InChI=1S/C26H30N2O8/c1-6-11-35-18-9-7-16(8-10-18)23-22(15(2)27-26(31)28-23)25(30)36-14-19(29)17-12-20(32-3)24(34-5)21(13-17)33-4/h7-10,12-13,23H,6,11,14H2,1-5H3,(H2,27,28,31)/t23-/m1/s1. The zero-order valence-corrected chi connectivity index (χ0v) is 20.9. The topological polar surface area (TPSA) is 121 Å². The number of ether oxygens (including phenoxy) is 5. The fraction of sp³-hybridized carbons (Fsp3) is 0.346. The van der Waals surface area contributed by atoms with Crippen LogP contribution in [0.3, 0.4) is 0 Å². The molecule has 0 saturated carbocycles. The van der Waals surface area contributed by atoms with Gasteiger partial charge in [-0.1, -0.05) is 19.1 Å². The van der Waals surface area contributed by atoms with Crippen LogP contribution in [0.1, 0.15) is 42.2 Å². The lowest BCUT2D eigenvalue weighted by molar-refractivity contribution is -0.138. The third kappa shape index (κ3) is 5.88. The summed E-state index contributed by atoms with van der Waals surface area (Å²) in [4.78, 5) is 38.0. The van der Waals surface area contributed by atoms with Gasteiger partial charge in [-0.2, -0.15) is 0 Å². The number of urea groups is 1. The van der Waals surface area contributed by atoms with Crippen molar-refractivity contribution in [3.8, 4) is 23.0 Å². The molecule has 10 heteroatoms. The summed E-state index contributed by atoms with van der Waals surface area (Å²) in [6.07, 6.45) is 0.874. The summed E-state index contributed by atoms with van der Waals surface area (Å²) in [5.41, 5.74) is 1.41. The van der Waals surface area contributed by atoms with Crippen molar-refractivity contribution < 1.29 is 38.1 Å². The fourth-order valence-corrected chi connectivity index (χ4v) is 3.73. The van der Waals surface area contributed by atoms with E-state index in [1.54, 1.807) is 31.2 Å². The number of hydrogen-bond acceptors (Lipinski definition) is 8. The molecule has 0 spiro atoms. The SMILES string of the molecule is CCCOc1ccc([C@H]2NC(=O)NC(C)=C2C(=O)OCC(=O)c2cc(OC)c(OC)c(OC)c2)cc1. The van der Waals surface area contributed by atoms with Gasteiger partial charge in [0, 0.05) is 11.3 Å². The first kappa shape index (κ1) is 26.4. The Morgan fingerprint density at radius 3 is 2.17 bits per heavy atom. The number of methoxy groups -OCH3 is 3. The number of carbonyl (C=O) groups is 3. The number of benzene rings is 2. The summed E-state index contributed by atoms with van der Waals surface area (Å²) < 4.78 is 26.8. The first-order chi connectivity index (χ1) is 17.3. The molecular formula is C26H30N2O8. The van der Waals surface area contributed by atoms with Gasteiger partial charge >= 0.3 is 12.0 Å². The molecule has 0 fully saturated rings. The molecule has 0 aromatic heterocycles. The van der Waals surface area contributed by atoms with Gasteiger partial charge in [-0.05, 0) is 43.2 Å². The summed E-state index contributed by atoms with van der Waals surface area (Å²) >= 11 is 0. The quantitative estimate of drug-likeness (QED) is 0.356. The van der Waals surface area contributed by atoms with Crippen LogP contribution < -0.4 is 29.6 Å².